The summed E-state index contributed by atoms with van der Waals surface area (Å²) in [6.45, 7) is 1.19. The van der Waals surface area contributed by atoms with Crippen molar-refractivity contribution in [3.63, 3.8) is 0 Å². The van der Waals surface area contributed by atoms with Crippen molar-refractivity contribution >= 4 is 22.6 Å². The molecule has 0 atom stereocenters. The second-order valence-electron chi connectivity index (χ2n) is 3.17. The van der Waals surface area contributed by atoms with Gasteiger partial charge in [0.15, 0.2) is 0 Å². The van der Waals surface area contributed by atoms with Gasteiger partial charge >= 0.3 is 0 Å². The Bertz CT molecular complexity index is 452. The molecule has 15 heavy (non-hydrogen) atoms. The highest BCUT2D eigenvalue weighted by molar-refractivity contribution is 14.1. The van der Waals surface area contributed by atoms with E-state index in [0.29, 0.717) is 6.54 Å². The first-order valence-corrected chi connectivity index (χ1v) is 5.68. The molecule has 5 heteroatoms. The largest absolute Gasteiger partial charge is 0.325 e. The first kappa shape index (κ1) is 10.6. The summed E-state index contributed by atoms with van der Waals surface area (Å²) in [4.78, 5) is 4.23. The summed E-state index contributed by atoms with van der Waals surface area (Å²) >= 11 is 2.24. The van der Waals surface area contributed by atoms with Gasteiger partial charge in [0.05, 0.1) is 22.0 Å². The molecule has 0 radical (unpaired) electrons. The molecule has 0 spiro atoms. The average Bonchev–Trinajstić information content (AvgIpc) is 2.65. The van der Waals surface area contributed by atoms with Crippen molar-refractivity contribution in [1.29, 1.82) is 0 Å². The van der Waals surface area contributed by atoms with Crippen LogP contribution in [0.3, 0.4) is 0 Å². The van der Waals surface area contributed by atoms with E-state index in [4.69, 9.17) is 5.73 Å². The molecule has 2 aromatic heterocycles. The SMILES string of the molecule is NCc1ncccc1Cn1cc(I)cn1. The Labute approximate surface area is 102 Å². The molecular formula is C10H11IN4. The van der Waals surface area contributed by atoms with E-state index in [1.54, 1.807) is 6.20 Å². The summed E-state index contributed by atoms with van der Waals surface area (Å²) < 4.78 is 3.02. The van der Waals surface area contributed by atoms with Crippen LogP contribution in [-0.4, -0.2) is 14.8 Å². The molecule has 0 unspecified atom stereocenters. The van der Waals surface area contributed by atoms with Gasteiger partial charge in [0.25, 0.3) is 0 Å². The Morgan fingerprint density at radius 2 is 2.33 bits per heavy atom. The number of aromatic nitrogens is 3. The minimum Gasteiger partial charge on any atom is -0.325 e. The third kappa shape index (κ3) is 2.54. The number of hydrogen-bond donors (Lipinski definition) is 1. The Hall–Kier alpha value is -0.950. The van der Waals surface area contributed by atoms with Gasteiger partial charge in [-0.2, -0.15) is 5.10 Å². The quantitative estimate of drug-likeness (QED) is 0.871. The lowest BCUT2D eigenvalue weighted by Gasteiger charge is -2.06. The molecule has 2 heterocycles. The number of nitrogens with two attached hydrogens (primary N) is 1. The number of halogens is 1. The molecule has 0 bridgehead atoms. The van der Waals surface area contributed by atoms with Crippen LogP contribution >= 0.6 is 22.6 Å². The van der Waals surface area contributed by atoms with E-state index in [0.717, 1.165) is 21.4 Å². The normalized spacial score (nSPS) is 10.5. The minimum absolute atomic E-state index is 0.467. The first-order chi connectivity index (χ1) is 7.29. The van der Waals surface area contributed by atoms with Crippen LogP contribution in [0.5, 0.6) is 0 Å². The summed E-state index contributed by atoms with van der Waals surface area (Å²) in [5, 5.41) is 4.23. The van der Waals surface area contributed by atoms with Crippen molar-refractivity contribution in [3.05, 3.63) is 45.6 Å². The minimum atomic E-state index is 0.467. The Morgan fingerprint density at radius 3 is 3.00 bits per heavy atom. The van der Waals surface area contributed by atoms with E-state index < -0.39 is 0 Å². The third-order valence-corrected chi connectivity index (χ3v) is 2.67. The molecule has 0 saturated carbocycles. The molecule has 0 fully saturated rings. The summed E-state index contributed by atoms with van der Waals surface area (Å²) in [5.41, 5.74) is 7.67. The van der Waals surface area contributed by atoms with Crippen LogP contribution in [0.1, 0.15) is 11.3 Å². The fourth-order valence-corrected chi connectivity index (χ4v) is 1.84. The van der Waals surface area contributed by atoms with Gasteiger partial charge in [-0.25, -0.2) is 0 Å². The van der Waals surface area contributed by atoms with Gasteiger partial charge in [-0.1, -0.05) is 6.07 Å². The zero-order valence-corrected chi connectivity index (χ0v) is 10.3. The van der Waals surface area contributed by atoms with Crippen LogP contribution in [0.15, 0.2) is 30.7 Å². The van der Waals surface area contributed by atoms with Crippen molar-refractivity contribution in [2.24, 2.45) is 5.73 Å². The average molecular weight is 314 g/mol. The van der Waals surface area contributed by atoms with Crippen LogP contribution in [0.4, 0.5) is 0 Å². The second kappa shape index (κ2) is 4.71. The monoisotopic (exact) mass is 314 g/mol. The van der Waals surface area contributed by atoms with E-state index in [1.165, 1.54) is 0 Å². The van der Waals surface area contributed by atoms with Crippen LogP contribution in [0.2, 0.25) is 0 Å². The van der Waals surface area contributed by atoms with E-state index in [9.17, 15) is 0 Å². The standard InChI is InChI=1S/C10H11IN4/c11-9-5-14-15(7-9)6-8-2-1-3-13-10(8)4-12/h1-3,5,7H,4,6,12H2. The predicted molar refractivity (Wildman–Crippen MR) is 66.2 cm³/mol. The third-order valence-electron chi connectivity index (χ3n) is 2.11. The highest BCUT2D eigenvalue weighted by Crippen LogP contribution is 2.08. The molecule has 0 aromatic carbocycles. The number of pyridine rings is 1. The fourth-order valence-electron chi connectivity index (χ4n) is 1.40. The maximum absolute atomic E-state index is 5.62. The van der Waals surface area contributed by atoms with Gasteiger partial charge < -0.3 is 5.73 Å². The molecule has 0 saturated heterocycles. The zero-order chi connectivity index (χ0) is 10.7. The maximum atomic E-state index is 5.62. The molecule has 4 nitrogen and oxygen atoms in total. The van der Waals surface area contributed by atoms with Gasteiger partial charge in [0, 0.05) is 18.9 Å². The van der Waals surface area contributed by atoms with Gasteiger partial charge in [-0.05, 0) is 34.2 Å². The molecule has 2 aromatic rings. The van der Waals surface area contributed by atoms with Crippen molar-refractivity contribution in [3.8, 4) is 0 Å². The fraction of sp³-hybridized carbons (Fsp3) is 0.200. The van der Waals surface area contributed by atoms with Gasteiger partial charge in [0.1, 0.15) is 0 Å². The summed E-state index contributed by atoms with van der Waals surface area (Å²) in [5.74, 6) is 0. The Balaban J connectivity index is 2.23. The van der Waals surface area contributed by atoms with E-state index in [-0.39, 0.29) is 0 Å². The van der Waals surface area contributed by atoms with E-state index in [1.807, 2.05) is 29.2 Å². The lowest BCUT2D eigenvalue weighted by Crippen LogP contribution is -2.08. The molecule has 0 aliphatic heterocycles. The van der Waals surface area contributed by atoms with Crippen LogP contribution in [-0.2, 0) is 13.1 Å². The molecule has 0 amide bonds. The van der Waals surface area contributed by atoms with Crippen molar-refractivity contribution < 1.29 is 0 Å². The van der Waals surface area contributed by atoms with Crippen LogP contribution in [0, 0.1) is 3.57 Å². The van der Waals surface area contributed by atoms with Gasteiger partial charge in [-0.15, -0.1) is 0 Å². The zero-order valence-electron chi connectivity index (χ0n) is 8.10. The van der Waals surface area contributed by atoms with Crippen molar-refractivity contribution in [1.82, 2.24) is 14.8 Å². The van der Waals surface area contributed by atoms with E-state index in [2.05, 4.69) is 32.7 Å². The topological polar surface area (TPSA) is 56.7 Å². The highest BCUT2D eigenvalue weighted by atomic mass is 127. The number of hydrogen-bond acceptors (Lipinski definition) is 3. The van der Waals surface area contributed by atoms with Crippen molar-refractivity contribution in [2.75, 3.05) is 0 Å². The highest BCUT2D eigenvalue weighted by Gasteiger charge is 2.03. The molecule has 78 valence electrons. The molecular weight excluding hydrogens is 303 g/mol. The second-order valence-corrected chi connectivity index (χ2v) is 4.42. The van der Waals surface area contributed by atoms with Crippen LogP contribution in [0.25, 0.3) is 0 Å². The molecule has 2 rings (SSSR count). The summed E-state index contributed by atoms with van der Waals surface area (Å²) in [6, 6.07) is 3.95. The summed E-state index contributed by atoms with van der Waals surface area (Å²) in [7, 11) is 0. The lowest BCUT2D eigenvalue weighted by molar-refractivity contribution is 0.676. The summed E-state index contributed by atoms with van der Waals surface area (Å²) in [6.07, 6.45) is 5.59. The first-order valence-electron chi connectivity index (χ1n) is 4.60. The number of nitrogens with zero attached hydrogens (tertiary/aromatic N) is 3. The molecule has 2 N–H and O–H groups in total. The van der Waals surface area contributed by atoms with E-state index >= 15 is 0 Å². The van der Waals surface area contributed by atoms with Gasteiger partial charge in [-0.3, -0.25) is 9.67 Å². The van der Waals surface area contributed by atoms with Gasteiger partial charge in [0.2, 0.25) is 0 Å². The number of rotatable bonds is 3. The molecule has 0 aliphatic carbocycles. The molecule has 0 aliphatic rings. The smallest absolute Gasteiger partial charge is 0.0678 e. The maximum Gasteiger partial charge on any atom is 0.0678 e. The van der Waals surface area contributed by atoms with Crippen LogP contribution < -0.4 is 5.73 Å². The lowest BCUT2D eigenvalue weighted by atomic mass is 10.2. The van der Waals surface area contributed by atoms with Crippen molar-refractivity contribution in [2.45, 2.75) is 13.1 Å². The predicted octanol–water partition coefficient (Wildman–Crippen LogP) is 1.39. The Kier molecular flexibility index (Phi) is 3.32. The Morgan fingerprint density at radius 1 is 1.47 bits per heavy atom.